The molecule has 2 N–H and O–H groups in total. The fourth-order valence-corrected chi connectivity index (χ4v) is 3.65. The Morgan fingerprint density at radius 3 is 2.13 bits per heavy atom. The van der Waals surface area contributed by atoms with Crippen LogP contribution in [0.1, 0.15) is 27.7 Å². The number of amides is 2. The van der Waals surface area contributed by atoms with Gasteiger partial charge in [0.25, 0.3) is 11.8 Å². The van der Waals surface area contributed by atoms with Gasteiger partial charge >= 0.3 is 0 Å². The molecule has 1 heterocycles. The van der Waals surface area contributed by atoms with Crippen LogP contribution in [0.4, 0.5) is 11.4 Å². The Kier molecular flexibility index (Phi) is 9.59. The van der Waals surface area contributed by atoms with Crippen LogP contribution in [0.3, 0.4) is 0 Å². The van der Waals surface area contributed by atoms with Gasteiger partial charge in [-0.15, -0.1) is 0 Å². The summed E-state index contributed by atoms with van der Waals surface area (Å²) < 4.78 is 5.39. The molecule has 1 aromatic rings. The predicted octanol–water partition coefficient (Wildman–Crippen LogP) is 1.12. The molecule has 1 fully saturated rings. The zero-order valence-corrected chi connectivity index (χ0v) is 19.2. The lowest BCUT2D eigenvalue weighted by Gasteiger charge is -2.29. The quantitative estimate of drug-likeness (QED) is 0.596. The van der Waals surface area contributed by atoms with Crippen molar-refractivity contribution in [2.45, 2.75) is 27.7 Å². The first-order valence-corrected chi connectivity index (χ1v) is 11.1. The molecule has 0 radical (unpaired) electrons. The van der Waals surface area contributed by atoms with E-state index in [0.29, 0.717) is 18.4 Å². The first-order chi connectivity index (χ1) is 14.2. The van der Waals surface area contributed by atoms with Gasteiger partial charge in [-0.25, -0.2) is 0 Å². The lowest BCUT2D eigenvalue weighted by molar-refractivity contribution is -0.862. The summed E-state index contributed by atoms with van der Waals surface area (Å²) >= 11 is 0. The summed E-state index contributed by atoms with van der Waals surface area (Å²) in [5.41, 5.74) is 1.91. The van der Waals surface area contributed by atoms with E-state index in [1.165, 1.54) is 0 Å². The van der Waals surface area contributed by atoms with Crippen molar-refractivity contribution >= 4 is 23.2 Å². The van der Waals surface area contributed by atoms with Crippen LogP contribution in [-0.4, -0.2) is 76.2 Å². The zero-order valence-electron chi connectivity index (χ0n) is 19.2. The van der Waals surface area contributed by atoms with Gasteiger partial charge in [-0.2, -0.15) is 0 Å². The summed E-state index contributed by atoms with van der Waals surface area (Å²) in [5.74, 6) is 0.879. The summed E-state index contributed by atoms with van der Waals surface area (Å²) in [6.07, 6.45) is 0. The van der Waals surface area contributed by atoms with E-state index in [1.54, 1.807) is 0 Å². The predicted molar refractivity (Wildman–Crippen MR) is 121 cm³/mol. The molecule has 1 unspecified atom stereocenters. The third kappa shape index (κ3) is 8.32. The molecule has 0 aliphatic carbocycles. The van der Waals surface area contributed by atoms with Crippen molar-refractivity contribution in [3.8, 4) is 0 Å². The van der Waals surface area contributed by atoms with Crippen LogP contribution < -0.4 is 15.1 Å². The summed E-state index contributed by atoms with van der Waals surface area (Å²) in [7, 11) is 1.89. The number of carbonyl (C=O) groups excluding carboxylic acids is 2. The van der Waals surface area contributed by atoms with Gasteiger partial charge in [0.15, 0.2) is 13.1 Å². The number of ether oxygens (including phenoxy) is 1. The largest absolute Gasteiger partial charge is 0.378 e. The standard InChI is InChI=1S/C23H38N4O3/c1-18(2)14-27(15-19(3)4)23(29)17-25(5)16-22(28)24-20-6-8-21(9-7-20)26-10-12-30-13-11-26/h6-9,18-19H,10-17H2,1-5H3,(H,24,28)/p+1. The Hall–Kier alpha value is -2.12. The topological polar surface area (TPSA) is 66.3 Å². The van der Waals surface area contributed by atoms with E-state index in [1.807, 2.05) is 36.2 Å². The molecule has 7 heteroatoms. The van der Waals surface area contributed by atoms with Gasteiger partial charge in [-0.1, -0.05) is 27.7 Å². The van der Waals surface area contributed by atoms with Crippen molar-refractivity contribution in [2.75, 3.05) is 69.7 Å². The average Bonchev–Trinajstić information content (AvgIpc) is 2.67. The van der Waals surface area contributed by atoms with Crippen molar-refractivity contribution in [3.63, 3.8) is 0 Å². The van der Waals surface area contributed by atoms with Crippen LogP contribution in [0.5, 0.6) is 0 Å². The zero-order chi connectivity index (χ0) is 22.1. The van der Waals surface area contributed by atoms with E-state index in [-0.39, 0.29) is 18.4 Å². The number of nitrogens with zero attached hydrogens (tertiary/aromatic N) is 2. The van der Waals surface area contributed by atoms with Gasteiger partial charge in [0.1, 0.15) is 0 Å². The van der Waals surface area contributed by atoms with Crippen molar-refractivity contribution < 1.29 is 19.2 Å². The maximum atomic E-state index is 12.7. The van der Waals surface area contributed by atoms with Crippen molar-refractivity contribution in [1.29, 1.82) is 0 Å². The lowest BCUT2D eigenvalue weighted by Crippen LogP contribution is -3.11. The Labute approximate surface area is 181 Å². The Bertz CT molecular complexity index is 660. The van der Waals surface area contributed by atoms with Crippen LogP contribution >= 0.6 is 0 Å². The molecule has 1 aliphatic heterocycles. The Morgan fingerprint density at radius 1 is 1.03 bits per heavy atom. The van der Waals surface area contributed by atoms with Gasteiger partial charge < -0.3 is 24.8 Å². The van der Waals surface area contributed by atoms with Gasteiger partial charge in [0.2, 0.25) is 0 Å². The minimum atomic E-state index is -0.0845. The third-order valence-electron chi connectivity index (χ3n) is 4.97. The number of benzene rings is 1. The number of hydrogen-bond donors (Lipinski definition) is 2. The lowest BCUT2D eigenvalue weighted by atomic mass is 10.1. The average molecular weight is 420 g/mol. The fraction of sp³-hybridized carbons (Fsp3) is 0.652. The van der Waals surface area contributed by atoms with E-state index >= 15 is 0 Å². The van der Waals surface area contributed by atoms with Gasteiger partial charge in [0, 0.05) is 37.6 Å². The highest BCUT2D eigenvalue weighted by Gasteiger charge is 2.21. The maximum absolute atomic E-state index is 12.7. The van der Waals surface area contributed by atoms with Crippen LogP contribution in [0.25, 0.3) is 0 Å². The Morgan fingerprint density at radius 2 is 1.60 bits per heavy atom. The molecule has 0 aromatic heterocycles. The molecule has 0 spiro atoms. The van der Waals surface area contributed by atoms with Gasteiger partial charge in [-0.3, -0.25) is 9.59 Å². The number of morpholine rings is 1. The van der Waals surface area contributed by atoms with Gasteiger partial charge in [0.05, 0.1) is 20.3 Å². The van der Waals surface area contributed by atoms with Crippen LogP contribution in [-0.2, 0) is 14.3 Å². The smallest absolute Gasteiger partial charge is 0.279 e. The number of nitrogens with one attached hydrogen (secondary N) is 2. The molecule has 168 valence electrons. The second kappa shape index (κ2) is 11.9. The van der Waals surface area contributed by atoms with Crippen molar-refractivity contribution in [3.05, 3.63) is 24.3 Å². The summed E-state index contributed by atoms with van der Waals surface area (Å²) in [6, 6.07) is 7.90. The molecular formula is C23H39N4O3+. The van der Waals surface area contributed by atoms with E-state index in [4.69, 9.17) is 4.74 Å². The summed E-state index contributed by atoms with van der Waals surface area (Å²) in [4.78, 5) is 30.2. The molecule has 0 saturated carbocycles. The summed E-state index contributed by atoms with van der Waals surface area (Å²) in [5, 5.41) is 2.94. The maximum Gasteiger partial charge on any atom is 0.279 e. The van der Waals surface area contributed by atoms with Crippen LogP contribution in [0.15, 0.2) is 24.3 Å². The highest BCUT2D eigenvalue weighted by atomic mass is 16.5. The number of quaternary nitrogens is 1. The molecule has 2 rings (SSSR count). The number of anilines is 2. The molecular weight excluding hydrogens is 380 g/mol. The second-order valence-corrected chi connectivity index (χ2v) is 9.09. The van der Waals surface area contributed by atoms with Crippen molar-refractivity contribution in [2.24, 2.45) is 11.8 Å². The Balaban J connectivity index is 1.82. The first kappa shape index (κ1) is 24.2. The molecule has 30 heavy (non-hydrogen) atoms. The van der Waals surface area contributed by atoms with Crippen LogP contribution in [0.2, 0.25) is 0 Å². The van der Waals surface area contributed by atoms with Crippen molar-refractivity contribution in [1.82, 2.24) is 4.90 Å². The van der Waals surface area contributed by atoms with E-state index in [9.17, 15) is 9.59 Å². The molecule has 0 bridgehead atoms. The molecule has 1 atom stereocenters. The fourth-order valence-electron chi connectivity index (χ4n) is 3.65. The minimum absolute atomic E-state index is 0.0845. The number of likely N-dealkylation sites (N-methyl/N-ethyl adjacent to an activating group) is 1. The monoisotopic (exact) mass is 419 g/mol. The van der Waals surface area contributed by atoms with Crippen LogP contribution in [0, 0.1) is 11.8 Å². The SMILES string of the molecule is CC(C)CN(CC(C)C)C(=O)C[NH+](C)CC(=O)Nc1ccc(N2CCOCC2)cc1. The highest BCUT2D eigenvalue weighted by molar-refractivity contribution is 5.91. The van der Waals surface area contributed by atoms with E-state index < -0.39 is 0 Å². The third-order valence-corrected chi connectivity index (χ3v) is 4.97. The molecule has 1 aliphatic rings. The molecule has 2 amide bonds. The molecule has 1 saturated heterocycles. The minimum Gasteiger partial charge on any atom is -0.378 e. The number of rotatable bonds is 10. The first-order valence-electron chi connectivity index (χ1n) is 11.1. The second-order valence-electron chi connectivity index (χ2n) is 9.09. The summed E-state index contributed by atoms with van der Waals surface area (Å²) in [6.45, 7) is 13.8. The molecule has 7 nitrogen and oxygen atoms in total. The van der Waals surface area contributed by atoms with Gasteiger partial charge in [-0.05, 0) is 36.1 Å². The number of hydrogen-bond acceptors (Lipinski definition) is 4. The number of carbonyl (C=O) groups is 2. The highest BCUT2D eigenvalue weighted by Crippen LogP contribution is 2.18. The van der Waals surface area contributed by atoms with E-state index in [2.05, 4.69) is 37.9 Å². The normalized spacial score (nSPS) is 15.4. The van der Waals surface area contributed by atoms with E-state index in [0.717, 1.165) is 55.7 Å². The molecule has 1 aromatic carbocycles.